The van der Waals surface area contributed by atoms with Crippen LogP contribution in [0.5, 0.6) is 0 Å². The van der Waals surface area contributed by atoms with Crippen molar-refractivity contribution >= 4 is 0 Å². The molecule has 3 unspecified atom stereocenters. The monoisotopic (exact) mass is 224 g/mol. The molecule has 0 nitrogen and oxygen atoms in total. The van der Waals surface area contributed by atoms with E-state index in [-0.39, 0.29) is 0 Å². The molecule has 1 fully saturated rings. The molecule has 0 saturated heterocycles. The van der Waals surface area contributed by atoms with Crippen LogP contribution in [0.4, 0.5) is 0 Å². The van der Waals surface area contributed by atoms with Crippen LogP contribution < -0.4 is 0 Å². The molecule has 0 aromatic rings. The third-order valence-corrected chi connectivity index (χ3v) is 4.45. The molecule has 0 heterocycles. The highest BCUT2D eigenvalue weighted by Crippen LogP contribution is 2.45. The van der Waals surface area contributed by atoms with Gasteiger partial charge in [0.2, 0.25) is 0 Å². The zero-order valence-electron chi connectivity index (χ0n) is 11.8. The lowest BCUT2D eigenvalue weighted by Gasteiger charge is -2.15. The van der Waals surface area contributed by atoms with Crippen LogP contribution in [0.15, 0.2) is 0 Å². The van der Waals surface area contributed by atoms with Gasteiger partial charge in [0.25, 0.3) is 0 Å². The summed E-state index contributed by atoms with van der Waals surface area (Å²) in [7, 11) is 0. The lowest BCUT2D eigenvalue weighted by molar-refractivity contribution is 0.374. The van der Waals surface area contributed by atoms with E-state index >= 15 is 0 Å². The summed E-state index contributed by atoms with van der Waals surface area (Å²) in [5.41, 5.74) is 0. The van der Waals surface area contributed by atoms with E-state index in [0.717, 1.165) is 17.8 Å². The van der Waals surface area contributed by atoms with Crippen LogP contribution in [0.3, 0.4) is 0 Å². The molecule has 1 aliphatic carbocycles. The van der Waals surface area contributed by atoms with E-state index in [9.17, 15) is 0 Å². The molecule has 3 atom stereocenters. The molecule has 0 aromatic heterocycles. The Balaban J connectivity index is 2.07. The maximum absolute atomic E-state index is 2.36. The summed E-state index contributed by atoms with van der Waals surface area (Å²) in [5.74, 6) is 3.28. The molecule has 96 valence electrons. The molecule has 0 heteroatoms. The van der Waals surface area contributed by atoms with Crippen LogP contribution in [0.2, 0.25) is 0 Å². The van der Waals surface area contributed by atoms with Crippen molar-refractivity contribution in [3.63, 3.8) is 0 Å². The minimum absolute atomic E-state index is 1.05. The summed E-state index contributed by atoms with van der Waals surface area (Å²) in [4.78, 5) is 0. The van der Waals surface area contributed by atoms with Gasteiger partial charge in [-0.2, -0.15) is 0 Å². The lowest BCUT2D eigenvalue weighted by Crippen LogP contribution is -2.01. The summed E-state index contributed by atoms with van der Waals surface area (Å²) in [6, 6.07) is 0. The lowest BCUT2D eigenvalue weighted by atomic mass is 9.91. The molecule has 0 aromatic carbocycles. The minimum atomic E-state index is 1.05. The molecule has 16 heavy (non-hydrogen) atoms. The Morgan fingerprint density at radius 3 is 2.25 bits per heavy atom. The van der Waals surface area contributed by atoms with Gasteiger partial charge in [0.1, 0.15) is 0 Å². The maximum atomic E-state index is 2.36. The molecule has 0 N–H and O–H groups in total. The van der Waals surface area contributed by atoms with Gasteiger partial charge in [-0.3, -0.25) is 0 Å². The van der Waals surface area contributed by atoms with Crippen LogP contribution in [-0.4, -0.2) is 0 Å². The van der Waals surface area contributed by atoms with Gasteiger partial charge in [0.15, 0.2) is 0 Å². The smallest absolute Gasteiger partial charge is 0.0383 e. The Morgan fingerprint density at radius 2 is 1.69 bits per heavy atom. The molecular formula is C16H32. The molecular weight excluding hydrogens is 192 g/mol. The first-order valence-corrected chi connectivity index (χ1v) is 7.81. The molecule has 1 aliphatic rings. The summed E-state index contributed by atoms with van der Waals surface area (Å²) < 4.78 is 0. The van der Waals surface area contributed by atoms with Crippen LogP contribution in [0.25, 0.3) is 0 Å². The van der Waals surface area contributed by atoms with E-state index in [1.165, 1.54) is 57.8 Å². The van der Waals surface area contributed by atoms with Crippen molar-refractivity contribution in [3.8, 4) is 0 Å². The summed E-state index contributed by atoms with van der Waals surface area (Å²) in [6.45, 7) is 7.01. The fourth-order valence-electron chi connectivity index (χ4n) is 3.14. The van der Waals surface area contributed by atoms with Gasteiger partial charge in [-0.25, -0.2) is 0 Å². The second-order valence-electron chi connectivity index (χ2n) is 5.89. The Morgan fingerprint density at radius 1 is 0.875 bits per heavy atom. The molecule has 0 amide bonds. The first-order valence-electron chi connectivity index (χ1n) is 7.81. The summed E-state index contributed by atoms with van der Waals surface area (Å²) >= 11 is 0. The number of hydrogen-bond donors (Lipinski definition) is 0. The topological polar surface area (TPSA) is 0 Å². The van der Waals surface area contributed by atoms with Crippen molar-refractivity contribution < 1.29 is 0 Å². The van der Waals surface area contributed by atoms with Crippen molar-refractivity contribution in [1.82, 2.24) is 0 Å². The summed E-state index contributed by atoms with van der Waals surface area (Å²) in [5, 5.41) is 0. The first kappa shape index (κ1) is 14.1. The largest absolute Gasteiger partial charge is 0.0654 e. The number of rotatable bonds is 10. The SMILES string of the molecule is CCCCCC(CCC)CCC1CC1CC. The second kappa shape index (κ2) is 8.14. The van der Waals surface area contributed by atoms with Crippen molar-refractivity contribution in [2.45, 2.75) is 85.0 Å². The van der Waals surface area contributed by atoms with E-state index in [4.69, 9.17) is 0 Å². The van der Waals surface area contributed by atoms with Gasteiger partial charge in [-0.15, -0.1) is 0 Å². The highest BCUT2D eigenvalue weighted by atomic mass is 14.4. The second-order valence-corrected chi connectivity index (χ2v) is 5.89. The molecule has 1 rings (SSSR count). The summed E-state index contributed by atoms with van der Waals surface area (Å²) in [6.07, 6.45) is 14.7. The zero-order valence-corrected chi connectivity index (χ0v) is 11.8. The van der Waals surface area contributed by atoms with Gasteiger partial charge < -0.3 is 0 Å². The molecule has 0 radical (unpaired) electrons. The van der Waals surface area contributed by atoms with Crippen LogP contribution in [0.1, 0.15) is 85.0 Å². The van der Waals surface area contributed by atoms with Crippen LogP contribution in [-0.2, 0) is 0 Å². The Kier molecular flexibility index (Phi) is 7.16. The van der Waals surface area contributed by atoms with E-state index < -0.39 is 0 Å². The van der Waals surface area contributed by atoms with Crippen molar-refractivity contribution in [2.75, 3.05) is 0 Å². The fourth-order valence-corrected chi connectivity index (χ4v) is 3.14. The normalized spacial score (nSPS) is 25.7. The van der Waals surface area contributed by atoms with E-state index in [1.807, 2.05) is 0 Å². The standard InChI is InChI=1S/C16H32/c1-4-7-8-10-14(9-5-2)11-12-16-13-15(16)6-3/h14-16H,4-13H2,1-3H3. The van der Waals surface area contributed by atoms with E-state index in [0.29, 0.717) is 0 Å². The number of unbranched alkanes of at least 4 members (excludes halogenated alkanes) is 2. The average Bonchev–Trinajstić information content (AvgIpc) is 3.05. The van der Waals surface area contributed by atoms with Crippen LogP contribution >= 0.6 is 0 Å². The molecule has 0 bridgehead atoms. The quantitative estimate of drug-likeness (QED) is 0.411. The Bertz CT molecular complexity index is 161. The highest BCUT2D eigenvalue weighted by molar-refractivity contribution is 4.85. The van der Waals surface area contributed by atoms with Gasteiger partial charge in [0.05, 0.1) is 0 Å². The van der Waals surface area contributed by atoms with E-state index in [1.54, 1.807) is 6.42 Å². The van der Waals surface area contributed by atoms with Crippen molar-refractivity contribution in [3.05, 3.63) is 0 Å². The number of hydrogen-bond acceptors (Lipinski definition) is 0. The average molecular weight is 224 g/mol. The van der Waals surface area contributed by atoms with Crippen LogP contribution in [0, 0.1) is 17.8 Å². The minimum Gasteiger partial charge on any atom is -0.0654 e. The van der Waals surface area contributed by atoms with Gasteiger partial charge >= 0.3 is 0 Å². The highest BCUT2D eigenvalue weighted by Gasteiger charge is 2.34. The third kappa shape index (κ3) is 5.37. The van der Waals surface area contributed by atoms with Gasteiger partial charge in [-0.1, -0.05) is 72.1 Å². The maximum Gasteiger partial charge on any atom is -0.0383 e. The zero-order chi connectivity index (χ0) is 11.8. The van der Waals surface area contributed by atoms with E-state index in [2.05, 4.69) is 20.8 Å². The predicted molar refractivity (Wildman–Crippen MR) is 73.7 cm³/mol. The molecule has 0 spiro atoms. The molecule has 0 aliphatic heterocycles. The van der Waals surface area contributed by atoms with Crippen molar-refractivity contribution in [1.29, 1.82) is 0 Å². The molecule has 1 saturated carbocycles. The first-order chi connectivity index (χ1) is 7.81. The third-order valence-electron chi connectivity index (χ3n) is 4.45. The Labute approximate surface area is 103 Å². The van der Waals surface area contributed by atoms with Crippen molar-refractivity contribution in [2.24, 2.45) is 17.8 Å². The fraction of sp³-hybridized carbons (Fsp3) is 1.00. The van der Waals surface area contributed by atoms with Gasteiger partial charge in [-0.05, 0) is 30.6 Å². The van der Waals surface area contributed by atoms with Gasteiger partial charge in [0, 0.05) is 0 Å². The Hall–Kier alpha value is 0. The predicted octanol–water partition coefficient (Wildman–Crippen LogP) is 5.81.